The molecule has 1 aliphatic heterocycles. The highest BCUT2D eigenvalue weighted by atomic mass is 32.1. The number of carbonyl (C=O) groups excluding carboxylic acids is 2. The zero-order valence-corrected chi connectivity index (χ0v) is 20.6. The normalized spacial score (nSPS) is 13.9. The molecule has 0 spiro atoms. The van der Waals surface area contributed by atoms with E-state index < -0.39 is 6.04 Å². The Bertz CT molecular complexity index is 1110. The molecule has 2 amide bonds. The number of imide groups is 1. The topological polar surface area (TPSA) is 59.1 Å². The molecule has 2 aromatic carbocycles. The molecule has 0 fully saturated rings. The molecule has 0 N–H and O–H groups in total. The molecule has 0 aliphatic carbocycles. The fourth-order valence-electron chi connectivity index (χ4n) is 4.30. The molecular formula is C27H30N2O4S. The molecule has 0 bridgehead atoms. The third kappa shape index (κ3) is 4.86. The van der Waals surface area contributed by atoms with Crippen molar-refractivity contribution in [3.05, 3.63) is 81.5 Å². The quantitative estimate of drug-likeness (QED) is 0.345. The third-order valence-electron chi connectivity index (χ3n) is 6.29. The zero-order chi connectivity index (χ0) is 24.1. The van der Waals surface area contributed by atoms with E-state index in [0.29, 0.717) is 35.7 Å². The standard InChI is InChI=1S/C27H30N2O4S/c1-4-28(5-2)14-13-23(29-26(30)21-17-34-18-22(21)27(29)31)20-11-12-24(25(15-20)32-3)33-16-19-9-7-6-8-10-19/h6-12,15,17-18,23H,4-5,13-14,16H2,1-3H3. The van der Waals surface area contributed by atoms with Crippen molar-refractivity contribution in [2.45, 2.75) is 32.9 Å². The van der Waals surface area contributed by atoms with Gasteiger partial charge in [-0.2, -0.15) is 11.3 Å². The van der Waals surface area contributed by atoms with Crippen LogP contribution in [0, 0.1) is 0 Å². The van der Waals surface area contributed by atoms with E-state index in [1.165, 1.54) is 16.2 Å². The molecule has 1 unspecified atom stereocenters. The van der Waals surface area contributed by atoms with Crippen molar-refractivity contribution in [2.75, 3.05) is 26.7 Å². The van der Waals surface area contributed by atoms with Gasteiger partial charge < -0.3 is 14.4 Å². The van der Waals surface area contributed by atoms with Crippen molar-refractivity contribution in [2.24, 2.45) is 0 Å². The summed E-state index contributed by atoms with van der Waals surface area (Å²) in [6.45, 7) is 7.25. The summed E-state index contributed by atoms with van der Waals surface area (Å²) in [5.74, 6) is 0.744. The minimum absolute atomic E-state index is 0.228. The van der Waals surface area contributed by atoms with Crippen LogP contribution in [0.15, 0.2) is 59.3 Å². The molecular weight excluding hydrogens is 448 g/mol. The van der Waals surface area contributed by atoms with Gasteiger partial charge in [0.25, 0.3) is 11.8 Å². The van der Waals surface area contributed by atoms with Gasteiger partial charge in [0.15, 0.2) is 11.5 Å². The number of benzene rings is 2. The number of thiophene rings is 1. The van der Waals surface area contributed by atoms with Crippen molar-refractivity contribution < 1.29 is 19.1 Å². The number of hydrogen-bond donors (Lipinski definition) is 0. The minimum atomic E-state index is -0.393. The molecule has 7 heteroatoms. The fourth-order valence-corrected chi connectivity index (χ4v) is 5.09. The van der Waals surface area contributed by atoms with Gasteiger partial charge in [0.1, 0.15) is 6.61 Å². The summed E-state index contributed by atoms with van der Waals surface area (Å²) in [7, 11) is 1.60. The van der Waals surface area contributed by atoms with E-state index in [0.717, 1.165) is 30.8 Å². The molecule has 34 heavy (non-hydrogen) atoms. The van der Waals surface area contributed by atoms with Gasteiger partial charge in [-0.1, -0.05) is 50.2 Å². The summed E-state index contributed by atoms with van der Waals surface area (Å²) in [5, 5.41) is 3.52. The summed E-state index contributed by atoms with van der Waals surface area (Å²) in [4.78, 5) is 30.1. The number of methoxy groups -OCH3 is 1. The smallest absolute Gasteiger partial charge is 0.262 e. The first-order chi connectivity index (χ1) is 16.6. The Hall–Kier alpha value is -3.16. The number of rotatable bonds is 11. The van der Waals surface area contributed by atoms with Crippen molar-refractivity contribution in [1.82, 2.24) is 9.80 Å². The van der Waals surface area contributed by atoms with Gasteiger partial charge in [-0.15, -0.1) is 0 Å². The Morgan fingerprint density at radius 3 is 2.24 bits per heavy atom. The maximum Gasteiger partial charge on any atom is 0.262 e. The summed E-state index contributed by atoms with van der Waals surface area (Å²) in [5.41, 5.74) is 2.91. The molecule has 0 radical (unpaired) electrons. The number of ether oxygens (including phenoxy) is 2. The molecule has 0 saturated carbocycles. The predicted octanol–water partition coefficient (Wildman–Crippen LogP) is 5.40. The van der Waals surface area contributed by atoms with Crippen LogP contribution in [0.5, 0.6) is 11.5 Å². The Morgan fingerprint density at radius 2 is 1.62 bits per heavy atom. The van der Waals surface area contributed by atoms with Crippen LogP contribution < -0.4 is 9.47 Å². The van der Waals surface area contributed by atoms with Crippen LogP contribution in [0.3, 0.4) is 0 Å². The Labute approximate surface area is 204 Å². The molecule has 3 aromatic rings. The largest absolute Gasteiger partial charge is 0.493 e. The summed E-state index contributed by atoms with van der Waals surface area (Å²) >= 11 is 1.38. The van der Waals surface area contributed by atoms with E-state index in [1.807, 2.05) is 48.5 Å². The van der Waals surface area contributed by atoms with E-state index in [1.54, 1.807) is 17.9 Å². The van der Waals surface area contributed by atoms with Crippen LogP contribution in [0.2, 0.25) is 0 Å². The monoisotopic (exact) mass is 478 g/mol. The van der Waals surface area contributed by atoms with Crippen LogP contribution in [-0.2, 0) is 6.61 Å². The molecule has 178 valence electrons. The van der Waals surface area contributed by atoms with Gasteiger partial charge in [0.05, 0.1) is 24.3 Å². The Balaban J connectivity index is 1.62. The SMILES string of the molecule is CCN(CC)CCC(c1ccc(OCc2ccccc2)c(OC)c1)N1C(=O)c2cscc2C1=O. The first-order valence-corrected chi connectivity index (χ1v) is 12.5. The van der Waals surface area contributed by atoms with Crippen LogP contribution in [0.25, 0.3) is 0 Å². The molecule has 1 atom stereocenters. The average molecular weight is 479 g/mol. The number of fused-ring (bicyclic) bond motifs is 1. The van der Waals surface area contributed by atoms with Crippen LogP contribution in [0.1, 0.15) is 58.2 Å². The Morgan fingerprint density at radius 1 is 0.941 bits per heavy atom. The number of nitrogens with zero attached hydrogens (tertiary/aromatic N) is 2. The lowest BCUT2D eigenvalue weighted by molar-refractivity contribution is 0.0564. The van der Waals surface area contributed by atoms with E-state index >= 15 is 0 Å². The molecule has 1 aromatic heterocycles. The first-order valence-electron chi connectivity index (χ1n) is 11.6. The maximum atomic E-state index is 13.2. The highest BCUT2D eigenvalue weighted by Gasteiger charge is 2.41. The van der Waals surface area contributed by atoms with Crippen molar-refractivity contribution >= 4 is 23.2 Å². The highest BCUT2D eigenvalue weighted by molar-refractivity contribution is 7.08. The van der Waals surface area contributed by atoms with Gasteiger partial charge in [-0.05, 0) is 42.8 Å². The lowest BCUT2D eigenvalue weighted by atomic mass is 10.0. The van der Waals surface area contributed by atoms with Crippen LogP contribution in [0.4, 0.5) is 0 Å². The second-order valence-corrected chi connectivity index (χ2v) is 8.94. The lowest BCUT2D eigenvalue weighted by Crippen LogP contribution is -2.36. The van der Waals surface area contributed by atoms with Gasteiger partial charge in [-0.3, -0.25) is 14.5 Å². The summed E-state index contributed by atoms with van der Waals surface area (Å²) in [6.07, 6.45) is 0.639. The molecule has 4 rings (SSSR count). The van der Waals surface area contributed by atoms with E-state index in [-0.39, 0.29) is 11.8 Å². The molecule has 2 heterocycles. The summed E-state index contributed by atoms with van der Waals surface area (Å²) in [6, 6.07) is 15.2. The van der Waals surface area contributed by atoms with E-state index in [4.69, 9.17) is 9.47 Å². The molecule has 0 saturated heterocycles. The van der Waals surface area contributed by atoms with Crippen LogP contribution in [-0.4, -0.2) is 48.4 Å². The fraction of sp³-hybridized carbons (Fsp3) is 0.333. The zero-order valence-electron chi connectivity index (χ0n) is 19.8. The summed E-state index contributed by atoms with van der Waals surface area (Å²) < 4.78 is 11.6. The number of amides is 2. The molecule has 6 nitrogen and oxygen atoms in total. The van der Waals surface area contributed by atoms with Crippen molar-refractivity contribution in [3.63, 3.8) is 0 Å². The number of hydrogen-bond acceptors (Lipinski definition) is 6. The third-order valence-corrected chi connectivity index (χ3v) is 7.04. The van der Waals surface area contributed by atoms with Gasteiger partial charge in [-0.25, -0.2) is 0 Å². The van der Waals surface area contributed by atoms with Gasteiger partial charge in [0.2, 0.25) is 0 Å². The second-order valence-electron chi connectivity index (χ2n) is 8.20. The minimum Gasteiger partial charge on any atom is -0.493 e. The van der Waals surface area contributed by atoms with Crippen molar-refractivity contribution in [3.8, 4) is 11.5 Å². The first kappa shape index (κ1) is 24.0. The molecule has 1 aliphatic rings. The average Bonchev–Trinajstić information content (AvgIpc) is 3.45. The highest BCUT2D eigenvalue weighted by Crippen LogP contribution is 2.38. The van der Waals surface area contributed by atoms with E-state index in [9.17, 15) is 9.59 Å². The second kappa shape index (κ2) is 10.8. The lowest BCUT2D eigenvalue weighted by Gasteiger charge is -2.29. The van der Waals surface area contributed by atoms with Crippen molar-refractivity contribution in [1.29, 1.82) is 0 Å². The van der Waals surface area contributed by atoms with E-state index in [2.05, 4.69) is 18.7 Å². The Kier molecular flexibility index (Phi) is 7.65. The van der Waals surface area contributed by atoms with Gasteiger partial charge in [0, 0.05) is 17.3 Å². The number of carbonyl (C=O) groups is 2. The predicted molar refractivity (Wildman–Crippen MR) is 134 cm³/mol. The van der Waals surface area contributed by atoms with Crippen LogP contribution >= 0.6 is 11.3 Å². The van der Waals surface area contributed by atoms with Gasteiger partial charge >= 0.3 is 0 Å². The maximum absolute atomic E-state index is 13.2.